The van der Waals surface area contributed by atoms with Gasteiger partial charge in [-0.15, -0.1) is 0 Å². The van der Waals surface area contributed by atoms with E-state index in [0.717, 1.165) is 11.1 Å². The van der Waals surface area contributed by atoms with Crippen molar-refractivity contribution in [2.75, 3.05) is 5.32 Å². The Hall–Kier alpha value is -3.98. The lowest BCUT2D eigenvalue weighted by Gasteiger charge is -2.24. The van der Waals surface area contributed by atoms with E-state index in [1.165, 1.54) is 24.3 Å². The van der Waals surface area contributed by atoms with Crippen molar-refractivity contribution in [1.82, 2.24) is 0 Å². The zero-order valence-electron chi connectivity index (χ0n) is 18.9. The van der Waals surface area contributed by atoms with Gasteiger partial charge in [-0.2, -0.15) is 0 Å². The standard InChI is InChI=1S/C26H22BrNO7/c1-15-7-11-17(12-8-15)25(32)34-21(23(29)28-20-6-4-3-5-19(20)27)22(24(30)31)35-26(33)18-13-9-16(2)10-14-18/h3-14,21-22H,1-2H3,(H,28,29)(H,30,31)/t21-,22+/m1/s1. The molecule has 0 aliphatic heterocycles. The zero-order valence-corrected chi connectivity index (χ0v) is 20.4. The maximum Gasteiger partial charge on any atom is 0.349 e. The number of halogens is 1. The Balaban J connectivity index is 1.91. The van der Waals surface area contributed by atoms with E-state index in [4.69, 9.17) is 9.47 Å². The molecule has 1 amide bonds. The largest absolute Gasteiger partial charge is 0.478 e. The van der Waals surface area contributed by atoms with Crippen LogP contribution in [-0.4, -0.2) is 41.1 Å². The molecule has 2 N–H and O–H groups in total. The number of carbonyl (C=O) groups is 4. The second-order valence-electron chi connectivity index (χ2n) is 7.69. The summed E-state index contributed by atoms with van der Waals surface area (Å²) in [5.74, 6) is -4.58. The highest BCUT2D eigenvalue weighted by Crippen LogP contribution is 2.23. The Morgan fingerprint density at radius 3 is 1.66 bits per heavy atom. The predicted octanol–water partition coefficient (Wildman–Crippen LogP) is 4.54. The second kappa shape index (κ2) is 11.4. The number of carboxylic acid groups (broad SMARTS) is 1. The van der Waals surface area contributed by atoms with Gasteiger partial charge < -0.3 is 19.9 Å². The first-order chi connectivity index (χ1) is 16.7. The van der Waals surface area contributed by atoms with Crippen molar-refractivity contribution in [1.29, 1.82) is 0 Å². The van der Waals surface area contributed by atoms with Gasteiger partial charge in [0, 0.05) is 4.47 Å². The van der Waals surface area contributed by atoms with Crippen LogP contribution < -0.4 is 5.32 Å². The van der Waals surface area contributed by atoms with Crippen LogP contribution in [0.4, 0.5) is 5.69 Å². The number of nitrogens with one attached hydrogen (secondary N) is 1. The first-order valence-corrected chi connectivity index (χ1v) is 11.3. The number of anilines is 1. The smallest absolute Gasteiger partial charge is 0.349 e. The number of carbonyl (C=O) groups excluding carboxylic acids is 3. The fourth-order valence-electron chi connectivity index (χ4n) is 3.01. The molecule has 180 valence electrons. The van der Waals surface area contributed by atoms with Crippen molar-refractivity contribution in [3.8, 4) is 0 Å². The summed E-state index contributed by atoms with van der Waals surface area (Å²) in [4.78, 5) is 50.6. The minimum Gasteiger partial charge on any atom is -0.478 e. The van der Waals surface area contributed by atoms with Gasteiger partial charge in [-0.05, 0) is 66.2 Å². The van der Waals surface area contributed by atoms with Crippen molar-refractivity contribution in [2.45, 2.75) is 26.1 Å². The maximum absolute atomic E-state index is 13.1. The second-order valence-corrected chi connectivity index (χ2v) is 8.55. The van der Waals surface area contributed by atoms with E-state index in [1.807, 2.05) is 13.8 Å². The van der Waals surface area contributed by atoms with E-state index in [1.54, 1.807) is 48.5 Å². The molecule has 0 saturated carbocycles. The van der Waals surface area contributed by atoms with Crippen LogP contribution in [-0.2, 0) is 19.1 Å². The van der Waals surface area contributed by atoms with Gasteiger partial charge in [0.15, 0.2) is 0 Å². The first kappa shape index (κ1) is 25.6. The number of aliphatic carboxylic acids is 1. The van der Waals surface area contributed by atoms with Crippen LogP contribution in [0.5, 0.6) is 0 Å². The number of carboxylic acids is 1. The Morgan fingerprint density at radius 1 is 0.743 bits per heavy atom. The molecule has 0 aliphatic rings. The number of esters is 2. The van der Waals surface area contributed by atoms with Crippen molar-refractivity contribution in [3.63, 3.8) is 0 Å². The van der Waals surface area contributed by atoms with E-state index in [0.29, 0.717) is 10.2 Å². The number of benzene rings is 3. The number of hydrogen-bond acceptors (Lipinski definition) is 6. The predicted molar refractivity (Wildman–Crippen MR) is 131 cm³/mol. The molecule has 0 radical (unpaired) electrons. The summed E-state index contributed by atoms with van der Waals surface area (Å²) in [5.41, 5.74) is 2.26. The van der Waals surface area contributed by atoms with Gasteiger partial charge in [0.25, 0.3) is 5.91 Å². The molecule has 3 rings (SSSR count). The zero-order chi connectivity index (χ0) is 25.5. The Kier molecular flexibility index (Phi) is 8.38. The molecule has 0 aliphatic carbocycles. The molecule has 3 aromatic rings. The van der Waals surface area contributed by atoms with Gasteiger partial charge in [0.1, 0.15) is 0 Å². The van der Waals surface area contributed by atoms with Crippen LogP contribution in [0.15, 0.2) is 77.3 Å². The van der Waals surface area contributed by atoms with Crippen LogP contribution in [0.1, 0.15) is 31.8 Å². The van der Waals surface area contributed by atoms with Crippen LogP contribution in [0, 0.1) is 13.8 Å². The molecule has 8 nitrogen and oxygen atoms in total. The average Bonchev–Trinajstić information content (AvgIpc) is 2.83. The number of aryl methyl sites for hydroxylation is 2. The molecule has 35 heavy (non-hydrogen) atoms. The Labute approximate surface area is 210 Å². The summed E-state index contributed by atoms with van der Waals surface area (Å²) in [6.45, 7) is 3.65. The van der Waals surface area contributed by atoms with Gasteiger partial charge in [0.2, 0.25) is 12.2 Å². The van der Waals surface area contributed by atoms with Crippen molar-refractivity contribution in [2.24, 2.45) is 0 Å². The van der Waals surface area contributed by atoms with Gasteiger partial charge in [-0.1, -0.05) is 47.5 Å². The molecule has 2 atom stereocenters. The van der Waals surface area contributed by atoms with Crippen LogP contribution in [0.25, 0.3) is 0 Å². The normalized spacial score (nSPS) is 12.2. The molecule has 0 unspecified atom stereocenters. The fourth-order valence-corrected chi connectivity index (χ4v) is 3.39. The molecule has 3 aromatic carbocycles. The van der Waals surface area contributed by atoms with E-state index < -0.39 is 36.0 Å². The summed E-state index contributed by atoms with van der Waals surface area (Å²) in [6.07, 6.45) is -4.09. The topological polar surface area (TPSA) is 119 Å². The molecule has 0 aromatic heterocycles. The van der Waals surface area contributed by atoms with Gasteiger partial charge in [-0.3, -0.25) is 4.79 Å². The molecule has 9 heteroatoms. The summed E-state index contributed by atoms with van der Waals surface area (Å²) in [7, 11) is 0. The lowest BCUT2D eigenvalue weighted by molar-refractivity contribution is -0.157. The van der Waals surface area contributed by atoms with E-state index in [9.17, 15) is 24.3 Å². The number of para-hydroxylation sites is 1. The summed E-state index contributed by atoms with van der Waals surface area (Å²) in [5, 5.41) is 12.3. The summed E-state index contributed by atoms with van der Waals surface area (Å²) in [6, 6.07) is 19.1. The number of amides is 1. The molecule has 0 spiro atoms. The Morgan fingerprint density at radius 2 is 1.20 bits per heavy atom. The van der Waals surface area contributed by atoms with E-state index in [-0.39, 0.29) is 11.1 Å². The van der Waals surface area contributed by atoms with Crippen molar-refractivity contribution < 1.29 is 33.8 Å². The van der Waals surface area contributed by atoms with Crippen LogP contribution >= 0.6 is 15.9 Å². The SMILES string of the molecule is Cc1ccc(C(=O)O[C@H](C(=O)O)[C@@H](OC(=O)c2ccc(C)cc2)C(=O)Nc2ccccc2Br)cc1. The molecule has 0 heterocycles. The average molecular weight is 540 g/mol. The maximum atomic E-state index is 13.1. The number of hydrogen-bond donors (Lipinski definition) is 2. The highest BCUT2D eigenvalue weighted by Gasteiger charge is 2.41. The summed E-state index contributed by atoms with van der Waals surface area (Å²) >= 11 is 3.29. The van der Waals surface area contributed by atoms with E-state index >= 15 is 0 Å². The van der Waals surface area contributed by atoms with Gasteiger partial charge in [-0.25, -0.2) is 14.4 Å². The van der Waals surface area contributed by atoms with Crippen LogP contribution in [0.2, 0.25) is 0 Å². The number of rotatable bonds is 8. The fraction of sp³-hybridized carbons (Fsp3) is 0.154. The molecule has 0 saturated heterocycles. The first-order valence-electron chi connectivity index (χ1n) is 10.5. The minimum atomic E-state index is -2.11. The van der Waals surface area contributed by atoms with E-state index in [2.05, 4.69) is 21.2 Å². The lowest BCUT2D eigenvalue weighted by Crippen LogP contribution is -2.48. The molecule has 0 bridgehead atoms. The van der Waals surface area contributed by atoms with Crippen LogP contribution in [0.3, 0.4) is 0 Å². The van der Waals surface area contributed by atoms with Crippen molar-refractivity contribution >= 4 is 45.4 Å². The number of ether oxygens (including phenoxy) is 2. The molecular weight excluding hydrogens is 518 g/mol. The highest BCUT2D eigenvalue weighted by atomic mass is 79.9. The third-order valence-corrected chi connectivity index (χ3v) is 5.64. The monoisotopic (exact) mass is 539 g/mol. The van der Waals surface area contributed by atoms with Gasteiger partial charge >= 0.3 is 17.9 Å². The quantitative estimate of drug-likeness (QED) is 0.403. The lowest BCUT2D eigenvalue weighted by atomic mass is 10.1. The third-order valence-electron chi connectivity index (χ3n) is 4.95. The third kappa shape index (κ3) is 6.77. The molecule has 0 fully saturated rings. The molecular formula is C26H22BrNO7. The minimum absolute atomic E-state index is 0.0803. The summed E-state index contributed by atoms with van der Waals surface area (Å²) < 4.78 is 11.0. The highest BCUT2D eigenvalue weighted by molar-refractivity contribution is 9.10. The van der Waals surface area contributed by atoms with Gasteiger partial charge in [0.05, 0.1) is 16.8 Å². The Bertz CT molecular complexity index is 1240. The van der Waals surface area contributed by atoms with Crippen molar-refractivity contribution in [3.05, 3.63) is 99.5 Å².